The highest BCUT2D eigenvalue weighted by Crippen LogP contribution is 2.23. The Kier molecular flexibility index (Phi) is 4.95. The summed E-state index contributed by atoms with van der Waals surface area (Å²) in [6.45, 7) is 6.29. The molecule has 0 unspecified atom stereocenters. The third-order valence-corrected chi connectivity index (χ3v) is 4.58. The molecule has 1 saturated heterocycles. The predicted molar refractivity (Wildman–Crippen MR) is 101 cm³/mol. The van der Waals surface area contributed by atoms with Gasteiger partial charge >= 0.3 is 0 Å². The van der Waals surface area contributed by atoms with Crippen LogP contribution in [0.15, 0.2) is 18.6 Å². The zero-order valence-electron chi connectivity index (χ0n) is 16.0. The van der Waals surface area contributed by atoms with Gasteiger partial charge in [0.15, 0.2) is 17.0 Å². The first kappa shape index (κ1) is 17.7. The Morgan fingerprint density at radius 3 is 2.70 bits per heavy atom. The first-order chi connectivity index (χ1) is 13.1. The van der Waals surface area contributed by atoms with Crippen LogP contribution in [0, 0.1) is 6.92 Å². The van der Waals surface area contributed by atoms with Crippen LogP contribution in [0.1, 0.15) is 17.3 Å². The molecule has 142 valence electrons. The number of anilines is 1. The molecule has 0 radical (unpaired) electrons. The van der Waals surface area contributed by atoms with Crippen molar-refractivity contribution in [2.75, 3.05) is 38.3 Å². The lowest BCUT2D eigenvalue weighted by molar-refractivity contribution is 0.122. The van der Waals surface area contributed by atoms with E-state index in [-0.39, 0.29) is 0 Å². The second-order valence-electron chi connectivity index (χ2n) is 6.86. The molecule has 0 bridgehead atoms. The van der Waals surface area contributed by atoms with Crippen LogP contribution in [0.25, 0.3) is 11.2 Å². The quantitative estimate of drug-likeness (QED) is 0.658. The number of fused-ring (bicyclic) bond motifs is 1. The number of morpholine rings is 1. The third kappa shape index (κ3) is 3.88. The Morgan fingerprint density at radius 1 is 1.11 bits per heavy atom. The number of ether oxygens (including phenoxy) is 1. The summed E-state index contributed by atoms with van der Waals surface area (Å²) in [6, 6.07) is 1.94. The molecule has 0 amide bonds. The maximum atomic E-state index is 5.48. The second kappa shape index (κ2) is 7.53. The second-order valence-corrected chi connectivity index (χ2v) is 6.86. The van der Waals surface area contributed by atoms with Crippen molar-refractivity contribution >= 4 is 17.0 Å². The summed E-state index contributed by atoms with van der Waals surface area (Å²) >= 11 is 0. The SMILES string of the molecule is Cc1nccc(CN(C)Cc2nc(N3CCOCC3)c3ncn(C)c3n2)n1. The Hall–Kier alpha value is -2.65. The Morgan fingerprint density at radius 2 is 1.93 bits per heavy atom. The average Bonchev–Trinajstić information content (AvgIpc) is 3.03. The first-order valence-corrected chi connectivity index (χ1v) is 9.08. The lowest BCUT2D eigenvalue weighted by Gasteiger charge is -2.28. The molecule has 3 aromatic heterocycles. The summed E-state index contributed by atoms with van der Waals surface area (Å²) in [5, 5.41) is 0. The number of hydrogen-bond donors (Lipinski definition) is 0. The van der Waals surface area contributed by atoms with Crippen molar-refractivity contribution in [2.45, 2.75) is 20.0 Å². The molecule has 27 heavy (non-hydrogen) atoms. The minimum Gasteiger partial charge on any atom is -0.378 e. The highest BCUT2D eigenvalue weighted by atomic mass is 16.5. The van der Waals surface area contributed by atoms with E-state index in [2.05, 4.69) is 24.8 Å². The molecule has 9 nitrogen and oxygen atoms in total. The van der Waals surface area contributed by atoms with Gasteiger partial charge in [-0.25, -0.2) is 24.9 Å². The molecule has 0 spiro atoms. The van der Waals surface area contributed by atoms with Crippen LogP contribution < -0.4 is 4.90 Å². The van der Waals surface area contributed by atoms with Crippen molar-refractivity contribution in [3.63, 3.8) is 0 Å². The van der Waals surface area contributed by atoms with Gasteiger partial charge in [-0.15, -0.1) is 0 Å². The number of nitrogens with zero attached hydrogens (tertiary/aromatic N) is 8. The molecule has 0 aliphatic carbocycles. The van der Waals surface area contributed by atoms with Gasteiger partial charge in [0.05, 0.1) is 31.8 Å². The summed E-state index contributed by atoms with van der Waals surface area (Å²) in [6.07, 6.45) is 3.58. The molecule has 9 heteroatoms. The third-order valence-electron chi connectivity index (χ3n) is 4.58. The molecule has 1 aliphatic heterocycles. The van der Waals surface area contributed by atoms with Gasteiger partial charge in [-0.2, -0.15) is 0 Å². The van der Waals surface area contributed by atoms with E-state index >= 15 is 0 Å². The van der Waals surface area contributed by atoms with Crippen molar-refractivity contribution in [2.24, 2.45) is 7.05 Å². The van der Waals surface area contributed by atoms with Crippen molar-refractivity contribution in [1.29, 1.82) is 0 Å². The topological polar surface area (TPSA) is 85.1 Å². The smallest absolute Gasteiger partial charge is 0.165 e. The monoisotopic (exact) mass is 368 g/mol. The van der Waals surface area contributed by atoms with Gasteiger partial charge in [-0.1, -0.05) is 0 Å². The number of rotatable bonds is 5. The molecule has 1 fully saturated rings. The van der Waals surface area contributed by atoms with Crippen LogP contribution in [0.3, 0.4) is 0 Å². The van der Waals surface area contributed by atoms with Crippen LogP contribution in [0.2, 0.25) is 0 Å². The van der Waals surface area contributed by atoms with Crippen molar-refractivity contribution in [3.05, 3.63) is 35.9 Å². The van der Waals surface area contributed by atoms with Crippen LogP contribution in [0.4, 0.5) is 5.82 Å². The summed E-state index contributed by atoms with van der Waals surface area (Å²) in [5.74, 6) is 2.45. The minimum absolute atomic E-state index is 0.626. The van der Waals surface area contributed by atoms with E-state index in [0.717, 1.165) is 47.4 Å². The fraction of sp³-hybridized carbons (Fsp3) is 0.500. The van der Waals surface area contributed by atoms with E-state index in [1.165, 1.54) is 0 Å². The van der Waals surface area contributed by atoms with E-state index in [4.69, 9.17) is 14.7 Å². The summed E-state index contributed by atoms with van der Waals surface area (Å²) in [5.41, 5.74) is 2.69. The Balaban J connectivity index is 1.60. The maximum absolute atomic E-state index is 5.48. The molecule has 0 aromatic carbocycles. The van der Waals surface area contributed by atoms with E-state index < -0.39 is 0 Å². The largest absolute Gasteiger partial charge is 0.378 e. The highest BCUT2D eigenvalue weighted by molar-refractivity contribution is 5.83. The zero-order valence-corrected chi connectivity index (χ0v) is 16.0. The van der Waals surface area contributed by atoms with Crippen molar-refractivity contribution in [3.8, 4) is 0 Å². The van der Waals surface area contributed by atoms with Crippen LogP contribution in [-0.4, -0.2) is 67.7 Å². The standard InChI is InChI=1S/C18H24N8O/c1-13-19-5-4-14(21-13)10-24(2)11-15-22-17-16(20-12-25(17)3)18(23-15)26-6-8-27-9-7-26/h4-5,12H,6-11H2,1-3H3. The predicted octanol–water partition coefficient (Wildman–Crippen LogP) is 0.930. The first-order valence-electron chi connectivity index (χ1n) is 9.08. The molecule has 0 saturated carbocycles. The molecular weight excluding hydrogens is 344 g/mol. The molecule has 0 N–H and O–H groups in total. The van der Waals surface area contributed by atoms with Gasteiger partial charge in [0.1, 0.15) is 11.6 Å². The average molecular weight is 368 g/mol. The highest BCUT2D eigenvalue weighted by Gasteiger charge is 2.20. The molecule has 0 atom stereocenters. The van der Waals surface area contributed by atoms with Crippen molar-refractivity contribution in [1.82, 2.24) is 34.4 Å². The van der Waals surface area contributed by atoms with Gasteiger partial charge in [-0.3, -0.25) is 4.90 Å². The van der Waals surface area contributed by atoms with E-state index in [9.17, 15) is 0 Å². The maximum Gasteiger partial charge on any atom is 0.165 e. The lowest BCUT2D eigenvalue weighted by atomic mass is 10.3. The molecule has 3 aromatic rings. The zero-order chi connectivity index (χ0) is 18.8. The van der Waals surface area contributed by atoms with Crippen LogP contribution in [0.5, 0.6) is 0 Å². The summed E-state index contributed by atoms with van der Waals surface area (Å²) in [4.78, 5) is 27.1. The van der Waals surface area contributed by atoms with Crippen LogP contribution in [-0.2, 0) is 24.9 Å². The van der Waals surface area contributed by atoms with Gasteiger partial charge in [0, 0.05) is 32.9 Å². The van der Waals surface area contributed by atoms with E-state index in [1.54, 1.807) is 12.5 Å². The number of hydrogen-bond acceptors (Lipinski definition) is 8. The minimum atomic E-state index is 0.626. The molecule has 4 rings (SSSR count). The normalized spacial score (nSPS) is 15.0. The fourth-order valence-corrected chi connectivity index (χ4v) is 3.27. The number of aromatic nitrogens is 6. The van der Waals surface area contributed by atoms with Crippen LogP contribution >= 0.6 is 0 Å². The number of aryl methyl sites for hydroxylation is 2. The molecule has 4 heterocycles. The Bertz CT molecular complexity index is 934. The van der Waals surface area contributed by atoms with Gasteiger partial charge in [0.2, 0.25) is 0 Å². The lowest BCUT2D eigenvalue weighted by Crippen LogP contribution is -2.37. The number of imidazole rings is 1. The Labute approximate surface area is 158 Å². The molecular formula is C18H24N8O. The van der Waals surface area contributed by atoms with Gasteiger partial charge < -0.3 is 14.2 Å². The molecule has 1 aliphatic rings. The van der Waals surface area contributed by atoms with E-state index in [0.29, 0.717) is 26.3 Å². The van der Waals surface area contributed by atoms with E-state index in [1.807, 2.05) is 31.7 Å². The summed E-state index contributed by atoms with van der Waals surface area (Å²) in [7, 11) is 4.01. The van der Waals surface area contributed by atoms with Gasteiger partial charge in [-0.05, 0) is 20.0 Å². The van der Waals surface area contributed by atoms with Crippen molar-refractivity contribution < 1.29 is 4.74 Å². The summed E-state index contributed by atoms with van der Waals surface area (Å²) < 4.78 is 7.42. The van der Waals surface area contributed by atoms with Gasteiger partial charge in [0.25, 0.3) is 0 Å². The fourth-order valence-electron chi connectivity index (χ4n) is 3.27.